The Morgan fingerprint density at radius 3 is 2.54 bits per heavy atom. The lowest BCUT2D eigenvalue weighted by Gasteiger charge is -2.33. The van der Waals surface area contributed by atoms with Gasteiger partial charge >= 0.3 is 12.0 Å². The smallest absolute Gasteiger partial charge is 0.326 e. The topological polar surface area (TPSA) is 90.0 Å². The summed E-state index contributed by atoms with van der Waals surface area (Å²) in [7, 11) is 0. The third kappa shape index (κ3) is 4.85. The molecule has 2 atom stereocenters. The molecule has 7 heteroatoms. The highest BCUT2D eigenvalue weighted by molar-refractivity contribution is 5.84. The fourth-order valence-corrected chi connectivity index (χ4v) is 3.51. The van der Waals surface area contributed by atoms with Gasteiger partial charge in [0.2, 0.25) is 5.91 Å². The Balaban J connectivity index is 1.85. The number of hydrogen-bond donors (Lipinski definition) is 2. The molecule has 2 rings (SSSR count). The number of aliphatic carboxylic acids is 1. The number of nitrogens with zero attached hydrogens (tertiary/aromatic N) is 2. The van der Waals surface area contributed by atoms with Gasteiger partial charge in [-0.25, -0.2) is 9.59 Å². The molecular weight excluding hydrogens is 310 g/mol. The van der Waals surface area contributed by atoms with Gasteiger partial charge in [0.1, 0.15) is 6.04 Å². The summed E-state index contributed by atoms with van der Waals surface area (Å²) in [5, 5.41) is 12.1. The molecule has 0 aliphatic carbocycles. The minimum absolute atomic E-state index is 0.0644. The molecule has 1 unspecified atom stereocenters. The lowest BCUT2D eigenvalue weighted by atomic mass is 9.94. The second-order valence-corrected chi connectivity index (χ2v) is 7.32. The van der Waals surface area contributed by atoms with Crippen molar-refractivity contribution in [1.29, 1.82) is 0 Å². The predicted molar refractivity (Wildman–Crippen MR) is 89.5 cm³/mol. The van der Waals surface area contributed by atoms with E-state index < -0.39 is 12.0 Å². The predicted octanol–water partition coefficient (Wildman–Crippen LogP) is 1.53. The van der Waals surface area contributed by atoms with Gasteiger partial charge in [-0.05, 0) is 37.5 Å². The van der Waals surface area contributed by atoms with Gasteiger partial charge in [-0.3, -0.25) is 4.79 Å². The SMILES string of the molecule is CC(C)CNC(=O)N1CCCC(CC(=O)N2CCC[C@@H]2C(=O)O)C1. The number of piperidine rings is 1. The Kier molecular flexibility index (Phi) is 6.45. The van der Waals surface area contributed by atoms with Crippen LogP contribution in [0.4, 0.5) is 4.79 Å². The molecular formula is C17H29N3O4. The van der Waals surface area contributed by atoms with Crippen molar-refractivity contribution in [3.63, 3.8) is 0 Å². The van der Waals surface area contributed by atoms with Crippen molar-refractivity contribution in [2.24, 2.45) is 11.8 Å². The quantitative estimate of drug-likeness (QED) is 0.795. The van der Waals surface area contributed by atoms with E-state index in [2.05, 4.69) is 5.32 Å². The van der Waals surface area contributed by atoms with Crippen LogP contribution in [0.5, 0.6) is 0 Å². The van der Waals surface area contributed by atoms with Crippen LogP contribution in [0.1, 0.15) is 46.0 Å². The van der Waals surface area contributed by atoms with Crippen LogP contribution in [-0.2, 0) is 9.59 Å². The molecule has 0 bridgehead atoms. The maximum Gasteiger partial charge on any atom is 0.326 e. The van der Waals surface area contributed by atoms with Crippen LogP contribution < -0.4 is 5.32 Å². The number of amides is 3. The molecule has 2 fully saturated rings. The molecule has 2 aliphatic rings. The van der Waals surface area contributed by atoms with Crippen molar-refractivity contribution in [2.75, 3.05) is 26.2 Å². The van der Waals surface area contributed by atoms with Crippen molar-refractivity contribution in [2.45, 2.75) is 52.0 Å². The minimum Gasteiger partial charge on any atom is -0.480 e. The van der Waals surface area contributed by atoms with Crippen molar-refractivity contribution in [3.05, 3.63) is 0 Å². The highest BCUT2D eigenvalue weighted by Gasteiger charge is 2.35. The first-order valence-electron chi connectivity index (χ1n) is 8.93. The van der Waals surface area contributed by atoms with Gasteiger partial charge in [0.25, 0.3) is 0 Å². The monoisotopic (exact) mass is 339 g/mol. The highest BCUT2D eigenvalue weighted by Crippen LogP contribution is 2.24. The lowest BCUT2D eigenvalue weighted by Crippen LogP contribution is -2.47. The van der Waals surface area contributed by atoms with E-state index in [4.69, 9.17) is 0 Å². The number of carboxylic acids is 1. The summed E-state index contributed by atoms with van der Waals surface area (Å²) in [6, 6.07) is -0.739. The van der Waals surface area contributed by atoms with Crippen molar-refractivity contribution < 1.29 is 19.5 Å². The molecule has 0 radical (unpaired) electrons. The molecule has 0 saturated carbocycles. The zero-order valence-electron chi connectivity index (χ0n) is 14.7. The van der Waals surface area contributed by atoms with Crippen LogP contribution in [0.15, 0.2) is 0 Å². The number of urea groups is 1. The van der Waals surface area contributed by atoms with Crippen molar-refractivity contribution in [1.82, 2.24) is 15.1 Å². The van der Waals surface area contributed by atoms with Gasteiger partial charge < -0.3 is 20.2 Å². The van der Waals surface area contributed by atoms with Gasteiger partial charge in [0.15, 0.2) is 0 Å². The second kappa shape index (κ2) is 8.35. The molecule has 24 heavy (non-hydrogen) atoms. The second-order valence-electron chi connectivity index (χ2n) is 7.32. The summed E-state index contributed by atoms with van der Waals surface area (Å²) in [5.41, 5.74) is 0. The van der Waals surface area contributed by atoms with E-state index in [9.17, 15) is 19.5 Å². The number of carboxylic acid groups (broad SMARTS) is 1. The normalized spacial score (nSPS) is 24.3. The molecule has 0 aromatic carbocycles. The molecule has 2 aliphatic heterocycles. The average Bonchev–Trinajstić information content (AvgIpc) is 3.02. The van der Waals surface area contributed by atoms with Gasteiger partial charge in [0, 0.05) is 32.6 Å². The summed E-state index contributed by atoms with van der Waals surface area (Å²) in [6.07, 6.45) is 3.41. The standard InChI is InChI=1S/C17H29N3O4/c1-12(2)10-18-17(24)19-7-3-5-13(11-19)9-15(21)20-8-4-6-14(20)16(22)23/h12-14H,3-11H2,1-2H3,(H,18,24)(H,22,23)/t13?,14-/m1/s1. The highest BCUT2D eigenvalue weighted by atomic mass is 16.4. The van der Waals surface area contributed by atoms with Crippen LogP contribution in [0.3, 0.4) is 0 Å². The molecule has 3 amide bonds. The summed E-state index contributed by atoms with van der Waals surface area (Å²) >= 11 is 0. The Morgan fingerprint density at radius 2 is 1.88 bits per heavy atom. The van der Waals surface area contributed by atoms with Gasteiger partial charge in [-0.2, -0.15) is 0 Å². The van der Waals surface area contributed by atoms with Crippen molar-refractivity contribution >= 4 is 17.9 Å². The number of rotatable bonds is 5. The Bertz CT molecular complexity index is 480. The number of nitrogens with one attached hydrogen (secondary N) is 1. The fraction of sp³-hybridized carbons (Fsp3) is 0.824. The lowest BCUT2D eigenvalue weighted by molar-refractivity contribution is -0.148. The van der Waals surface area contributed by atoms with Crippen LogP contribution >= 0.6 is 0 Å². The Hall–Kier alpha value is -1.79. The fourth-order valence-electron chi connectivity index (χ4n) is 3.51. The first kappa shape index (κ1) is 18.5. The minimum atomic E-state index is -0.917. The zero-order valence-corrected chi connectivity index (χ0v) is 14.7. The number of hydrogen-bond acceptors (Lipinski definition) is 3. The molecule has 0 aromatic heterocycles. The van der Waals surface area contributed by atoms with E-state index >= 15 is 0 Å². The number of likely N-dealkylation sites (tertiary alicyclic amines) is 2. The molecule has 7 nitrogen and oxygen atoms in total. The van der Waals surface area contributed by atoms with E-state index in [0.717, 1.165) is 25.8 Å². The zero-order chi connectivity index (χ0) is 17.7. The van der Waals surface area contributed by atoms with Crippen LogP contribution in [0.25, 0.3) is 0 Å². The third-order valence-corrected chi connectivity index (χ3v) is 4.79. The summed E-state index contributed by atoms with van der Waals surface area (Å²) in [5.74, 6) is -0.487. The maximum atomic E-state index is 12.5. The van der Waals surface area contributed by atoms with E-state index in [1.165, 1.54) is 4.90 Å². The third-order valence-electron chi connectivity index (χ3n) is 4.79. The average molecular weight is 339 g/mol. The van der Waals surface area contributed by atoms with Crippen molar-refractivity contribution in [3.8, 4) is 0 Å². The maximum absolute atomic E-state index is 12.5. The van der Waals surface area contributed by atoms with Crippen LogP contribution in [0.2, 0.25) is 0 Å². The van der Waals surface area contributed by atoms with E-state index in [-0.39, 0.29) is 17.9 Å². The van der Waals surface area contributed by atoms with E-state index in [1.807, 2.05) is 13.8 Å². The Labute approximate surface area is 143 Å². The van der Waals surface area contributed by atoms with Crippen LogP contribution in [0, 0.1) is 11.8 Å². The number of carbonyl (C=O) groups excluding carboxylic acids is 2. The van der Waals surface area contributed by atoms with Gasteiger partial charge in [0.05, 0.1) is 0 Å². The molecule has 136 valence electrons. The summed E-state index contributed by atoms with van der Waals surface area (Å²) in [4.78, 5) is 39.1. The molecule has 0 aromatic rings. The van der Waals surface area contributed by atoms with E-state index in [0.29, 0.717) is 38.4 Å². The Morgan fingerprint density at radius 1 is 1.17 bits per heavy atom. The number of carbonyl (C=O) groups is 3. The van der Waals surface area contributed by atoms with Gasteiger partial charge in [-0.15, -0.1) is 0 Å². The largest absolute Gasteiger partial charge is 0.480 e. The summed E-state index contributed by atoms with van der Waals surface area (Å²) < 4.78 is 0. The van der Waals surface area contributed by atoms with E-state index in [1.54, 1.807) is 4.90 Å². The molecule has 0 spiro atoms. The van der Waals surface area contributed by atoms with Crippen LogP contribution in [-0.4, -0.2) is 65.0 Å². The molecule has 2 saturated heterocycles. The first-order valence-corrected chi connectivity index (χ1v) is 8.93. The first-order chi connectivity index (χ1) is 11.4. The molecule has 2 heterocycles. The summed E-state index contributed by atoms with van der Waals surface area (Å²) in [6.45, 7) is 6.56. The van der Waals surface area contributed by atoms with Gasteiger partial charge in [-0.1, -0.05) is 13.8 Å². The molecule has 2 N–H and O–H groups in total.